The summed E-state index contributed by atoms with van der Waals surface area (Å²) < 4.78 is 0. The standard InChI is InChI=1S/C15H28N2O.ClH/c1-16-14-9-11-17(12-10-14)15(18)8-7-13-5-3-2-4-6-13;/h13-14,16H,2-12H2,1H3;1H. The third-order valence-electron chi connectivity index (χ3n) is 4.75. The van der Waals surface area contributed by atoms with E-state index in [1.54, 1.807) is 0 Å². The van der Waals surface area contributed by atoms with Crippen molar-refractivity contribution in [2.45, 2.75) is 63.8 Å². The van der Waals surface area contributed by atoms with Crippen LogP contribution >= 0.6 is 12.4 Å². The lowest BCUT2D eigenvalue weighted by molar-refractivity contribution is -0.132. The molecule has 1 N–H and O–H groups in total. The highest BCUT2D eigenvalue weighted by Crippen LogP contribution is 2.27. The first-order valence-corrected chi connectivity index (χ1v) is 7.74. The first kappa shape index (κ1) is 16.8. The van der Waals surface area contributed by atoms with Gasteiger partial charge < -0.3 is 10.2 Å². The van der Waals surface area contributed by atoms with Gasteiger partial charge in [0, 0.05) is 25.6 Å². The number of likely N-dealkylation sites (tertiary alicyclic amines) is 1. The Morgan fingerprint density at radius 1 is 1.11 bits per heavy atom. The van der Waals surface area contributed by atoms with Gasteiger partial charge in [-0.25, -0.2) is 0 Å². The lowest BCUT2D eigenvalue weighted by atomic mass is 9.86. The fraction of sp³-hybridized carbons (Fsp3) is 0.933. The molecule has 1 saturated heterocycles. The summed E-state index contributed by atoms with van der Waals surface area (Å²) in [6.45, 7) is 1.91. The van der Waals surface area contributed by atoms with Crippen molar-refractivity contribution in [1.29, 1.82) is 0 Å². The van der Waals surface area contributed by atoms with Crippen LogP contribution in [0.5, 0.6) is 0 Å². The molecular formula is C15H29ClN2O. The van der Waals surface area contributed by atoms with Crippen molar-refractivity contribution in [3.63, 3.8) is 0 Å². The highest BCUT2D eigenvalue weighted by Gasteiger charge is 2.22. The van der Waals surface area contributed by atoms with E-state index in [0.717, 1.165) is 44.7 Å². The largest absolute Gasteiger partial charge is 0.343 e. The number of amides is 1. The van der Waals surface area contributed by atoms with Gasteiger partial charge in [-0.2, -0.15) is 0 Å². The van der Waals surface area contributed by atoms with E-state index in [2.05, 4.69) is 10.2 Å². The van der Waals surface area contributed by atoms with Crippen molar-refractivity contribution in [2.75, 3.05) is 20.1 Å². The topological polar surface area (TPSA) is 32.3 Å². The van der Waals surface area contributed by atoms with E-state index in [1.807, 2.05) is 7.05 Å². The summed E-state index contributed by atoms with van der Waals surface area (Å²) in [5.74, 6) is 1.23. The second kappa shape index (κ2) is 8.80. The van der Waals surface area contributed by atoms with Crippen molar-refractivity contribution in [2.24, 2.45) is 5.92 Å². The van der Waals surface area contributed by atoms with Crippen molar-refractivity contribution >= 4 is 18.3 Å². The highest BCUT2D eigenvalue weighted by atomic mass is 35.5. The van der Waals surface area contributed by atoms with Crippen LogP contribution in [0.1, 0.15) is 57.8 Å². The molecule has 112 valence electrons. The molecule has 4 heteroatoms. The van der Waals surface area contributed by atoms with E-state index >= 15 is 0 Å². The van der Waals surface area contributed by atoms with Crippen molar-refractivity contribution < 1.29 is 4.79 Å². The maximum atomic E-state index is 12.1. The minimum absolute atomic E-state index is 0. The summed E-state index contributed by atoms with van der Waals surface area (Å²) in [4.78, 5) is 14.2. The summed E-state index contributed by atoms with van der Waals surface area (Å²) in [5, 5.41) is 3.31. The van der Waals surface area contributed by atoms with Gasteiger partial charge in [-0.15, -0.1) is 12.4 Å². The number of piperidine rings is 1. The Hall–Kier alpha value is -0.280. The van der Waals surface area contributed by atoms with Gasteiger partial charge in [0.05, 0.1) is 0 Å². The molecule has 0 bridgehead atoms. The first-order valence-electron chi connectivity index (χ1n) is 7.74. The zero-order valence-electron chi connectivity index (χ0n) is 12.2. The molecule has 2 fully saturated rings. The average Bonchev–Trinajstić information content (AvgIpc) is 2.46. The van der Waals surface area contributed by atoms with E-state index in [9.17, 15) is 4.79 Å². The number of carbonyl (C=O) groups is 1. The molecule has 0 spiro atoms. The van der Waals surface area contributed by atoms with Gasteiger partial charge >= 0.3 is 0 Å². The van der Waals surface area contributed by atoms with E-state index < -0.39 is 0 Å². The molecule has 0 aromatic carbocycles. The van der Waals surface area contributed by atoms with Gasteiger partial charge in [0.1, 0.15) is 0 Å². The Balaban J connectivity index is 0.00000180. The number of rotatable bonds is 4. The fourth-order valence-corrected chi connectivity index (χ4v) is 3.38. The summed E-state index contributed by atoms with van der Waals surface area (Å²) in [6.07, 6.45) is 11.0. The molecule has 0 radical (unpaired) electrons. The quantitative estimate of drug-likeness (QED) is 0.862. The van der Waals surface area contributed by atoms with E-state index in [0.29, 0.717) is 11.9 Å². The molecule has 1 saturated carbocycles. The fourth-order valence-electron chi connectivity index (χ4n) is 3.38. The van der Waals surface area contributed by atoms with E-state index in [1.165, 1.54) is 32.1 Å². The predicted molar refractivity (Wildman–Crippen MR) is 81.7 cm³/mol. The lowest BCUT2D eigenvalue weighted by Gasteiger charge is -2.32. The van der Waals surface area contributed by atoms with Crippen LogP contribution in [-0.4, -0.2) is 37.0 Å². The van der Waals surface area contributed by atoms with Crippen LogP contribution in [0, 0.1) is 5.92 Å². The van der Waals surface area contributed by atoms with Crippen molar-refractivity contribution in [3.8, 4) is 0 Å². The predicted octanol–water partition coefficient (Wildman–Crippen LogP) is 2.98. The molecule has 0 unspecified atom stereocenters. The molecule has 2 aliphatic rings. The van der Waals surface area contributed by atoms with Crippen LogP contribution in [0.2, 0.25) is 0 Å². The van der Waals surface area contributed by atoms with Crippen LogP contribution in [0.15, 0.2) is 0 Å². The monoisotopic (exact) mass is 288 g/mol. The molecule has 1 heterocycles. The lowest BCUT2D eigenvalue weighted by Crippen LogP contribution is -2.44. The first-order chi connectivity index (χ1) is 8.79. The van der Waals surface area contributed by atoms with Crippen LogP contribution < -0.4 is 5.32 Å². The molecule has 1 aliphatic carbocycles. The number of halogens is 1. The zero-order chi connectivity index (χ0) is 12.8. The third kappa shape index (κ3) is 5.31. The Morgan fingerprint density at radius 3 is 2.32 bits per heavy atom. The van der Waals surface area contributed by atoms with Crippen LogP contribution in [0.3, 0.4) is 0 Å². The third-order valence-corrected chi connectivity index (χ3v) is 4.75. The number of hydrogen-bond acceptors (Lipinski definition) is 2. The van der Waals surface area contributed by atoms with E-state index in [-0.39, 0.29) is 12.4 Å². The Kier molecular flexibility index (Phi) is 7.77. The molecular weight excluding hydrogens is 260 g/mol. The number of hydrogen-bond donors (Lipinski definition) is 1. The van der Waals surface area contributed by atoms with Crippen LogP contribution in [0.25, 0.3) is 0 Å². The average molecular weight is 289 g/mol. The Bertz CT molecular complexity index is 259. The highest BCUT2D eigenvalue weighted by molar-refractivity contribution is 5.85. The number of nitrogens with zero attached hydrogens (tertiary/aromatic N) is 1. The molecule has 19 heavy (non-hydrogen) atoms. The number of nitrogens with one attached hydrogen (secondary N) is 1. The zero-order valence-corrected chi connectivity index (χ0v) is 13.0. The molecule has 0 aromatic heterocycles. The summed E-state index contributed by atoms with van der Waals surface area (Å²) >= 11 is 0. The summed E-state index contributed by atoms with van der Waals surface area (Å²) in [7, 11) is 2.02. The minimum Gasteiger partial charge on any atom is -0.343 e. The van der Waals surface area contributed by atoms with Crippen molar-refractivity contribution in [3.05, 3.63) is 0 Å². The molecule has 1 aliphatic heterocycles. The second-order valence-corrected chi connectivity index (χ2v) is 5.99. The maximum Gasteiger partial charge on any atom is 0.222 e. The van der Waals surface area contributed by atoms with Gasteiger partial charge in [0.25, 0.3) is 0 Å². The second-order valence-electron chi connectivity index (χ2n) is 5.99. The Morgan fingerprint density at radius 2 is 1.74 bits per heavy atom. The minimum atomic E-state index is 0. The molecule has 1 amide bonds. The van der Waals surface area contributed by atoms with Crippen LogP contribution in [0.4, 0.5) is 0 Å². The van der Waals surface area contributed by atoms with Gasteiger partial charge in [0.15, 0.2) is 0 Å². The molecule has 0 atom stereocenters. The maximum absolute atomic E-state index is 12.1. The van der Waals surface area contributed by atoms with Gasteiger partial charge in [0.2, 0.25) is 5.91 Å². The molecule has 2 rings (SSSR count). The van der Waals surface area contributed by atoms with Gasteiger partial charge in [-0.1, -0.05) is 32.1 Å². The summed E-state index contributed by atoms with van der Waals surface area (Å²) in [5.41, 5.74) is 0. The Labute approximate surface area is 123 Å². The van der Waals surface area contributed by atoms with Crippen LogP contribution in [-0.2, 0) is 4.79 Å². The van der Waals surface area contributed by atoms with Crippen molar-refractivity contribution in [1.82, 2.24) is 10.2 Å². The number of carbonyl (C=O) groups excluding carboxylic acids is 1. The SMILES string of the molecule is CNC1CCN(C(=O)CCC2CCCCC2)CC1.Cl. The normalized spacial score (nSPS) is 22.1. The molecule has 3 nitrogen and oxygen atoms in total. The smallest absolute Gasteiger partial charge is 0.222 e. The van der Waals surface area contributed by atoms with E-state index in [4.69, 9.17) is 0 Å². The van der Waals surface area contributed by atoms with Gasteiger partial charge in [-0.05, 0) is 32.2 Å². The summed E-state index contributed by atoms with van der Waals surface area (Å²) in [6, 6.07) is 0.618. The molecule has 0 aromatic rings. The van der Waals surface area contributed by atoms with Gasteiger partial charge in [-0.3, -0.25) is 4.79 Å².